The van der Waals surface area contributed by atoms with Crippen LogP contribution in [-0.4, -0.2) is 36.2 Å². The summed E-state index contributed by atoms with van der Waals surface area (Å²) in [4.78, 5) is 32.4. The molecular weight excluding hydrogens is 469 g/mol. The molecular formula is C26H26FN3O4S. The zero-order valence-corrected chi connectivity index (χ0v) is 20.5. The highest BCUT2D eigenvalue weighted by Crippen LogP contribution is 2.47. The van der Waals surface area contributed by atoms with Gasteiger partial charge >= 0.3 is 5.97 Å². The van der Waals surface area contributed by atoms with Crippen molar-refractivity contribution in [3.63, 3.8) is 0 Å². The van der Waals surface area contributed by atoms with Gasteiger partial charge in [0.25, 0.3) is 0 Å². The largest absolute Gasteiger partial charge is 0.496 e. The van der Waals surface area contributed by atoms with E-state index in [0.717, 1.165) is 5.56 Å². The summed E-state index contributed by atoms with van der Waals surface area (Å²) >= 11 is 1.40. The smallest absolute Gasteiger partial charge is 0.338 e. The molecule has 7 nitrogen and oxygen atoms in total. The average molecular weight is 496 g/mol. The number of esters is 1. The molecule has 35 heavy (non-hydrogen) atoms. The second-order valence-corrected chi connectivity index (χ2v) is 8.76. The van der Waals surface area contributed by atoms with Gasteiger partial charge in [0, 0.05) is 17.8 Å². The van der Waals surface area contributed by atoms with E-state index in [2.05, 4.69) is 5.32 Å². The van der Waals surface area contributed by atoms with E-state index >= 15 is 0 Å². The van der Waals surface area contributed by atoms with Crippen LogP contribution in [0, 0.1) is 5.82 Å². The number of nitrogens with zero attached hydrogens (tertiary/aromatic N) is 2. The molecule has 0 spiro atoms. The standard InChI is InChI=1S/C26H26FN3O4S/c1-4-20-23(25(32)34-3)24(19-10-5-6-11-21(19)33-2)30-18(15-35-26(30)29-20)13-22(31)28-14-16-8-7-9-17(27)12-16/h5-12,15,24H,4,13-14H2,1-3H3,(H,28,31). The summed E-state index contributed by atoms with van der Waals surface area (Å²) in [6, 6.07) is 13.0. The van der Waals surface area contributed by atoms with Crippen LogP contribution in [0.3, 0.4) is 0 Å². The van der Waals surface area contributed by atoms with Gasteiger partial charge in [-0.05, 0) is 35.6 Å². The molecule has 2 aliphatic heterocycles. The van der Waals surface area contributed by atoms with Crippen molar-refractivity contribution >= 4 is 28.8 Å². The maximum atomic E-state index is 13.5. The number of carbonyl (C=O) groups excluding carboxylic acids is 2. The first-order valence-corrected chi connectivity index (χ1v) is 12.0. The molecule has 2 heterocycles. The topological polar surface area (TPSA) is 80.2 Å². The predicted molar refractivity (Wildman–Crippen MR) is 133 cm³/mol. The third-order valence-electron chi connectivity index (χ3n) is 5.78. The molecule has 4 rings (SSSR count). The first-order chi connectivity index (χ1) is 17.0. The Morgan fingerprint density at radius 3 is 2.69 bits per heavy atom. The minimum Gasteiger partial charge on any atom is -0.496 e. The van der Waals surface area contributed by atoms with Crippen LogP contribution >= 0.6 is 11.8 Å². The Morgan fingerprint density at radius 2 is 1.97 bits per heavy atom. The van der Waals surface area contributed by atoms with Gasteiger partial charge in [0.2, 0.25) is 5.91 Å². The van der Waals surface area contributed by atoms with E-state index in [4.69, 9.17) is 14.5 Å². The number of hydrogen-bond donors (Lipinski definition) is 1. The number of hydrogen-bond acceptors (Lipinski definition) is 7. The van der Waals surface area contributed by atoms with E-state index in [1.165, 1.54) is 31.0 Å². The molecule has 0 aliphatic carbocycles. The number of amidine groups is 1. The van der Waals surface area contributed by atoms with Crippen LogP contribution < -0.4 is 10.1 Å². The fourth-order valence-electron chi connectivity index (χ4n) is 4.17. The molecule has 1 atom stereocenters. The lowest BCUT2D eigenvalue weighted by molar-refractivity contribution is -0.136. The first kappa shape index (κ1) is 24.5. The van der Waals surface area contributed by atoms with Gasteiger partial charge in [0.05, 0.1) is 38.0 Å². The number of methoxy groups -OCH3 is 2. The number of carbonyl (C=O) groups is 2. The number of allylic oxidation sites excluding steroid dienone is 1. The Labute approximate surface area is 207 Å². The lowest BCUT2D eigenvalue weighted by Crippen LogP contribution is -2.38. The highest BCUT2D eigenvalue weighted by atomic mass is 32.2. The number of fused-ring (bicyclic) bond motifs is 1. The third-order valence-corrected chi connectivity index (χ3v) is 6.67. The van der Waals surface area contributed by atoms with Crippen LogP contribution in [0.2, 0.25) is 0 Å². The molecule has 0 aromatic heterocycles. The Kier molecular flexibility index (Phi) is 7.55. The monoisotopic (exact) mass is 495 g/mol. The molecule has 1 unspecified atom stereocenters. The molecule has 0 saturated carbocycles. The zero-order valence-electron chi connectivity index (χ0n) is 19.7. The average Bonchev–Trinajstić information content (AvgIpc) is 3.27. The van der Waals surface area contributed by atoms with Crippen molar-refractivity contribution in [3.05, 3.63) is 87.9 Å². The van der Waals surface area contributed by atoms with Crippen molar-refractivity contribution < 1.29 is 23.5 Å². The SMILES string of the molecule is CCC1=C(C(=O)OC)C(c2ccccc2OC)N2C(CC(=O)NCc3cccc(F)c3)=CSC2=N1. The third kappa shape index (κ3) is 5.09. The number of nitrogens with one attached hydrogen (secondary N) is 1. The van der Waals surface area contributed by atoms with E-state index in [1.54, 1.807) is 19.2 Å². The van der Waals surface area contributed by atoms with Crippen LogP contribution in [0.15, 0.2) is 75.9 Å². The second-order valence-electron chi connectivity index (χ2n) is 7.92. The van der Waals surface area contributed by atoms with E-state index < -0.39 is 12.0 Å². The maximum absolute atomic E-state index is 13.5. The van der Waals surface area contributed by atoms with E-state index in [-0.39, 0.29) is 24.7 Å². The number of para-hydroxylation sites is 1. The molecule has 2 aromatic carbocycles. The van der Waals surface area contributed by atoms with Gasteiger partial charge in [-0.1, -0.05) is 49.0 Å². The summed E-state index contributed by atoms with van der Waals surface area (Å²) in [5.74, 6) is -0.449. The zero-order chi connectivity index (χ0) is 24.9. The van der Waals surface area contributed by atoms with Crippen molar-refractivity contribution in [1.29, 1.82) is 0 Å². The minimum atomic E-state index is -0.571. The van der Waals surface area contributed by atoms with Crippen molar-refractivity contribution in [3.8, 4) is 5.75 Å². The maximum Gasteiger partial charge on any atom is 0.338 e. The predicted octanol–water partition coefficient (Wildman–Crippen LogP) is 4.68. The number of aliphatic imine (C=N–C) groups is 1. The molecule has 0 saturated heterocycles. The molecule has 1 N–H and O–H groups in total. The van der Waals surface area contributed by atoms with Crippen molar-refractivity contribution in [1.82, 2.24) is 10.2 Å². The highest BCUT2D eigenvalue weighted by Gasteiger charge is 2.42. The van der Waals surface area contributed by atoms with Gasteiger partial charge in [0.1, 0.15) is 11.6 Å². The Bertz CT molecular complexity index is 1240. The van der Waals surface area contributed by atoms with Gasteiger partial charge in [-0.25, -0.2) is 14.2 Å². The molecule has 0 fully saturated rings. The molecule has 0 radical (unpaired) electrons. The quantitative estimate of drug-likeness (QED) is 0.536. The van der Waals surface area contributed by atoms with E-state index in [0.29, 0.717) is 39.9 Å². The van der Waals surface area contributed by atoms with E-state index in [9.17, 15) is 14.0 Å². The van der Waals surface area contributed by atoms with Crippen molar-refractivity contribution in [2.24, 2.45) is 4.99 Å². The van der Waals surface area contributed by atoms with Crippen LogP contribution in [-0.2, 0) is 20.9 Å². The fraction of sp³-hybridized carbons (Fsp3) is 0.269. The lowest BCUT2D eigenvalue weighted by atomic mass is 9.92. The normalized spacial score (nSPS) is 16.9. The summed E-state index contributed by atoms with van der Waals surface area (Å²) in [5, 5.41) is 5.39. The molecule has 2 aliphatic rings. The van der Waals surface area contributed by atoms with Gasteiger partial charge in [-0.15, -0.1) is 0 Å². The molecule has 9 heteroatoms. The number of halogens is 1. The highest BCUT2D eigenvalue weighted by molar-refractivity contribution is 8.16. The van der Waals surface area contributed by atoms with Crippen molar-refractivity contribution in [2.75, 3.05) is 14.2 Å². The molecule has 1 amide bonds. The number of ether oxygens (including phenoxy) is 2. The summed E-state index contributed by atoms with van der Waals surface area (Å²) in [6.45, 7) is 2.15. The number of amides is 1. The number of thioether (sulfide) groups is 1. The molecule has 0 bridgehead atoms. The van der Waals surface area contributed by atoms with Gasteiger partial charge < -0.3 is 19.7 Å². The van der Waals surface area contributed by atoms with Gasteiger partial charge in [-0.2, -0.15) is 0 Å². The Balaban J connectivity index is 1.65. The van der Waals surface area contributed by atoms with Crippen LogP contribution in [0.5, 0.6) is 5.75 Å². The first-order valence-electron chi connectivity index (χ1n) is 11.2. The molecule has 182 valence electrons. The summed E-state index contributed by atoms with van der Waals surface area (Å²) < 4.78 is 24.2. The van der Waals surface area contributed by atoms with Crippen LogP contribution in [0.1, 0.15) is 36.9 Å². The molecule has 2 aromatic rings. The fourth-order valence-corrected chi connectivity index (χ4v) is 5.11. The lowest BCUT2D eigenvalue weighted by Gasteiger charge is -2.37. The van der Waals surface area contributed by atoms with Gasteiger partial charge in [0.15, 0.2) is 5.17 Å². The van der Waals surface area contributed by atoms with Crippen molar-refractivity contribution in [2.45, 2.75) is 32.4 Å². The van der Waals surface area contributed by atoms with Crippen LogP contribution in [0.4, 0.5) is 4.39 Å². The Hall–Kier alpha value is -3.59. The van der Waals surface area contributed by atoms with Crippen LogP contribution in [0.25, 0.3) is 0 Å². The minimum absolute atomic E-state index is 0.0584. The summed E-state index contributed by atoms with van der Waals surface area (Å²) in [5.41, 5.74) is 3.18. The number of benzene rings is 2. The summed E-state index contributed by atoms with van der Waals surface area (Å²) in [7, 11) is 2.92. The second kappa shape index (κ2) is 10.8. The summed E-state index contributed by atoms with van der Waals surface area (Å²) in [6.07, 6.45) is 0.598. The van der Waals surface area contributed by atoms with E-state index in [1.807, 2.05) is 41.5 Å². The van der Waals surface area contributed by atoms with Gasteiger partial charge in [-0.3, -0.25) is 4.79 Å². The number of rotatable bonds is 8. The Morgan fingerprint density at radius 1 is 1.17 bits per heavy atom.